The summed E-state index contributed by atoms with van der Waals surface area (Å²) in [7, 11) is 2.08. The van der Waals surface area contributed by atoms with E-state index in [1.165, 1.54) is 0 Å². The van der Waals surface area contributed by atoms with Gasteiger partial charge >= 0.3 is 0 Å². The molecule has 0 radical (unpaired) electrons. The van der Waals surface area contributed by atoms with Gasteiger partial charge in [0.05, 0.1) is 0 Å². The topological polar surface area (TPSA) is 73.6 Å². The quantitative estimate of drug-likeness (QED) is 0.514. The van der Waals surface area contributed by atoms with Crippen molar-refractivity contribution >= 4 is 11.6 Å². The molecule has 1 aromatic rings. The van der Waals surface area contributed by atoms with Gasteiger partial charge in [0.2, 0.25) is 0 Å². The maximum Gasteiger partial charge on any atom is 0.265 e. The Hall–Kier alpha value is -1.63. The number of piperazine rings is 1. The van der Waals surface area contributed by atoms with Gasteiger partial charge in [0.25, 0.3) is 5.91 Å². The third-order valence-electron chi connectivity index (χ3n) is 3.08. The highest BCUT2D eigenvalue weighted by Gasteiger charge is 2.16. The van der Waals surface area contributed by atoms with Gasteiger partial charge in [-0.1, -0.05) is 0 Å². The Labute approximate surface area is 107 Å². The molecule has 2 rings (SSSR count). The second-order valence-corrected chi connectivity index (χ2v) is 4.45. The van der Waals surface area contributed by atoms with Crippen LogP contribution in [0.25, 0.3) is 0 Å². The number of hydrazine groups is 2. The molecule has 0 spiro atoms. The van der Waals surface area contributed by atoms with Crippen LogP contribution in [0.2, 0.25) is 0 Å². The summed E-state index contributed by atoms with van der Waals surface area (Å²) in [6.45, 7) is 3.64. The number of amides is 1. The molecule has 1 aliphatic rings. The zero-order chi connectivity index (χ0) is 13.0. The molecular formula is C12H19N5O. The molecule has 0 saturated carbocycles. The minimum Gasteiger partial charge on any atom is -0.324 e. The van der Waals surface area contributed by atoms with Gasteiger partial charge in [-0.2, -0.15) is 0 Å². The van der Waals surface area contributed by atoms with Crippen molar-refractivity contribution in [3.63, 3.8) is 0 Å². The van der Waals surface area contributed by atoms with Crippen LogP contribution in [0, 0.1) is 0 Å². The number of carbonyl (C=O) groups is 1. The van der Waals surface area contributed by atoms with E-state index >= 15 is 0 Å². The Bertz CT molecular complexity index is 397. The van der Waals surface area contributed by atoms with Crippen LogP contribution in [0.15, 0.2) is 24.3 Å². The molecular weight excluding hydrogens is 230 g/mol. The lowest BCUT2D eigenvalue weighted by atomic mass is 10.2. The van der Waals surface area contributed by atoms with Crippen LogP contribution in [0.1, 0.15) is 10.4 Å². The van der Waals surface area contributed by atoms with E-state index in [1.54, 1.807) is 24.3 Å². The lowest BCUT2D eigenvalue weighted by Gasteiger charge is -2.32. The summed E-state index contributed by atoms with van der Waals surface area (Å²) in [5.74, 6) is 5.19. The number of hydrogen-bond donors (Lipinski definition) is 3. The summed E-state index contributed by atoms with van der Waals surface area (Å²) in [4.78, 5) is 14.2. The third-order valence-corrected chi connectivity index (χ3v) is 3.08. The van der Waals surface area contributed by atoms with Gasteiger partial charge in [0.1, 0.15) is 0 Å². The second-order valence-electron chi connectivity index (χ2n) is 4.45. The Balaban J connectivity index is 1.90. The summed E-state index contributed by atoms with van der Waals surface area (Å²) in [5.41, 5.74) is 6.86. The monoisotopic (exact) mass is 249 g/mol. The highest BCUT2D eigenvalue weighted by Crippen LogP contribution is 2.08. The van der Waals surface area contributed by atoms with Crippen molar-refractivity contribution in [1.29, 1.82) is 0 Å². The number of nitrogens with zero attached hydrogens (tertiary/aromatic N) is 2. The molecule has 1 fully saturated rings. The maximum absolute atomic E-state index is 12.0. The molecule has 6 nitrogen and oxygen atoms in total. The van der Waals surface area contributed by atoms with E-state index < -0.39 is 0 Å². The van der Waals surface area contributed by atoms with Crippen molar-refractivity contribution in [3.8, 4) is 0 Å². The van der Waals surface area contributed by atoms with Crippen molar-refractivity contribution in [2.24, 2.45) is 5.84 Å². The Morgan fingerprint density at radius 1 is 1.17 bits per heavy atom. The first-order valence-electron chi connectivity index (χ1n) is 6.00. The average Bonchev–Trinajstić information content (AvgIpc) is 2.41. The van der Waals surface area contributed by atoms with E-state index in [0.717, 1.165) is 31.9 Å². The smallest absolute Gasteiger partial charge is 0.265 e. The van der Waals surface area contributed by atoms with Crippen molar-refractivity contribution in [1.82, 2.24) is 15.3 Å². The standard InChI is InChI=1S/C12H19N5O/c1-16-6-8-17(9-7-16)15-12(18)10-2-4-11(14-13)5-3-10/h2-5,14H,6-9,13H2,1H3,(H,15,18). The first-order valence-corrected chi connectivity index (χ1v) is 6.00. The van der Waals surface area contributed by atoms with E-state index in [4.69, 9.17) is 5.84 Å². The Morgan fingerprint density at radius 2 is 1.78 bits per heavy atom. The van der Waals surface area contributed by atoms with E-state index in [9.17, 15) is 4.79 Å². The molecule has 1 aromatic carbocycles. The average molecular weight is 249 g/mol. The first-order chi connectivity index (χ1) is 8.69. The highest BCUT2D eigenvalue weighted by atomic mass is 16.2. The lowest BCUT2D eigenvalue weighted by molar-refractivity contribution is 0.0662. The fourth-order valence-electron chi connectivity index (χ4n) is 1.84. The predicted molar refractivity (Wildman–Crippen MR) is 70.8 cm³/mol. The van der Waals surface area contributed by atoms with Crippen molar-refractivity contribution in [3.05, 3.63) is 29.8 Å². The number of carbonyl (C=O) groups excluding carboxylic acids is 1. The van der Waals surface area contributed by atoms with Crippen LogP contribution in [0.3, 0.4) is 0 Å². The summed E-state index contributed by atoms with van der Waals surface area (Å²) in [6.07, 6.45) is 0. The number of benzene rings is 1. The van der Waals surface area contributed by atoms with Crippen LogP contribution in [0.5, 0.6) is 0 Å². The SMILES string of the molecule is CN1CCN(NC(=O)c2ccc(NN)cc2)CC1. The second kappa shape index (κ2) is 5.81. The van der Waals surface area contributed by atoms with E-state index in [0.29, 0.717) is 5.56 Å². The summed E-state index contributed by atoms with van der Waals surface area (Å²) in [5, 5.41) is 1.96. The van der Waals surface area contributed by atoms with Gasteiger partial charge in [-0.15, -0.1) is 0 Å². The minimum absolute atomic E-state index is 0.0804. The van der Waals surface area contributed by atoms with Gasteiger partial charge in [-0.25, -0.2) is 5.01 Å². The van der Waals surface area contributed by atoms with Crippen LogP contribution in [-0.4, -0.2) is 49.0 Å². The van der Waals surface area contributed by atoms with Crippen LogP contribution in [0.4, 0.5) is 5.69 Å². The fourth-order valence-corrected chi connectivity index (χ4v) is 1.84. The van der Waals surface area contributed by atoms with E-state index in [1.807, 2.05) is 5.01 Å². The molecule has 0 bridgehead atoms. The number of likely N-dealkylation sites (N-methyl/N-ethyl adjacent to an activating group) is 1. The van der Waals surface area contributed by atoms with E-state index in [2.05, 4.69) is 22.8 Å². The van der Waals surface area contributed by atoms with Gasteiger partial charge < -0.3 is 10.3 Å². The molecule has 1 saturated heterocycles. The molecule has 0 unspecified atom stereocenters. The molecule has 0 aromatic heterocycles. The number of rotatable bonds is 3. The van der Waals surface area contributed by atoms with Crippen LogP contribution < -0.4 is 16.7 Å². The molecule has 4 N–H and O–H groups in total. The molecule has 98 valence electrons. The lowest BCUT2D eigenvalue weighted by Crippen LogP contribution is -2.52. The zero-order valence-corrected chi connectivity index (χ0v) is 10.5. The zero-order valence-electron chi connectivity index (χ0n) is 10.5. The fraction of sp³-hybridized carbons (Fsp3) is 0.417. The van der Waals surface area contributed by atoms with Crippen LogP contribution >= 0.6 is 0 Å². The van der Waals surface area contributed by atoms with Gasteiger partial charge in [0.15, 0.2) is 0 Å². The number of hydrogen-bond acceptors (Lipinski definition) is 5. The number of nitrogen functional groups attached to an aromatic ring is 1. The molecule has 6 heteroatoms. The van der Waals surface area contributed by atoms with Crippen molar-refractivity contribution in [2.75, 3.05) is 38.7 Å². The Morgan fingerprint density at radius 3 is 2.33 bits per heavy atom. The summed E-state index contributed by atoms with van der Waals surface area (Å²) in [6, 6.07) is 7.05. The molecule has 18 heavy (non-hydrogen) atoms. The molecule has 0 aliphatic carbocycles. The van der Waals surface area contributed by atoms with Crippen molar-refractivity contribution < 1.29 is 4.79 Å². The molecule has 1 aliphatic heterocycles. The molecule has 0 atom stereocenters. The highest BCUT2D eigenvalue weighted by molar-refractivity contribution is 5.94. The molecule has 1 heterocycles. The van der Waals surface area contributed by atoms with Gasteiger partial charge in [-0.05, 0) is 31.3 Å². The van der Waals surface area contributed by atoms with Crippen molar-refractivity contribution in [2.45, 2.75) is 0 Å². The number of nitrogens with two attached hydrogens (primary N) is 1. The third kappa shape index (κ3) is 3.19. The maximum atomic E-state index is 12.0. The normalized spacial score (nSPS) is 17.4. The largest absolute Gasteiger partial charge is 0.324 e. The van der Waals surface area contributed by atoms with Gasteiger partial charge in [0, 0.05) is 37.4 Å². The predicted octanol–water partition coefficient (Wildman–Crippen LogP) is -0.136. The number of nitrogens with one attached hydrogen (secondary N) is 2. The molecule has 1 amide bonds. The summed E-state index contributed by atoms with van der Waals surface area (Å²) < 4.78 is 0. The van der Waals surface area contributed by atoms with Gasteiger partial charge in [-0.3, -0.25) is 16.1 Å². The summed E-state index contributed by atoms with van der Waals surface area (Å²) >= 11 is 0. The minimum atomic E-state index is -0.0804. The first kappa shape index (κ1) is 12.8. The van der Waals surface area contributed by atoms with Crippen LogP contribution in [-0.2, 0) is 0 Å². The number of anilines is 1. The Kier molecular flexibility index (Phi) is 4.14. The van der Waals surface area contributed by atoms with E-state index in [-0.39, 0.29) is 5.91 Å².